The van der Waals surface area contributed by atoms with E-state index in [1.807, 2.05) is 66.7 Å². The summed E-state index contributed by atoms with van der Waals surface area (Å²) in [4.78, 5) is 16.6. The van der Waals surface area contributed by atoms with E-state index in [4.69, 9.17) is 9.47 Å². The maximum absolute atomic E-state index is 12.2. The Kier molecular flexibility index (Phi) is 6.76. The summed E-state index contributed by atoms with van der Waals surface area (Å²) in [7, 11) is 1.62. The molecule has 0 aliphatic rings. The van der Waals surface area contributed by atoms with E-state index in [2.05, 4.69) is 20.9 Å². The Hall–Kier alpha value is -3.18. The molecule has 3 rings (SSSR count). The van der Waals surface area contributed by atoms with Crippen molar-refractivity contribution in [3.05, 3.63) is 94.5 Å². The molecule has 0 aromatic heterocycles. The summed E-state index contributed by atoms with van der Waals surface area (Å²) >= 11 is 3.38. The number of esters is 1. The van der Waals surface area contributed by atoms with E-state index >= 15 is 0 Å². The molecule has 0 amide bonds. The summed E-state index contributed by atoms with van der Waals surface area (Å²) in [6, 6.07) is 22.3. The molecule has 0 atom stereocenters. The third kappa shape index (κ3) is 5.66. The van der Waals surface area contributed by atoms with Crippen molar-refractivity contribution < 1.29 is 14.3 Å². The molecule has 3 aromatic carbocycles. The SMILES string of the molecule is COc1ccc(N=Cc2ccccc2OC(=O)/C=C/c2ccc(Br)cc2)cc1. The van der Waals surface area contributed by atoms with Gasteiger partial charge in [0.25, 0.3) is 0 Å². The lowest BCUT2D eigenvalue weighted by Gasteiger charge is -2.05. The van der Waals surface area contributed by atoms with Gasteiger partial charge >= 0.3 is 5.97 Å². The molecule has 0 saturated heterocycles. The van der Waals surface area contributed by atoms with Gasteiger partial charge in [0, 0.05) is 22.3 Å². The Morgan fingerprint density at radius 3 is 2.39 bits per heavy atom. The highest BCUT2D eigenvalue weighted by atomic mass is 79.9. The van der Waals surface area contributed by atoms with Crippen molar-refractivity contribution in [2.24, 2.45) is 4.99 Å². The van der Waals surface area contributed by atoms with E-state index in [-0.39, 0.29) is 0 Å². The standard InChI is InChI=1S/C23H18BrNO3/c1-27-21-13-11-20(12-14-21)25-16-18-4-2-3-5-22(18)28-23(26)15-8-17-6-9-19(24)10-7-17/h2-16H,1H3/b15-8+,25-16?. The van der Waals surface area contributed by atoms with Crippen LogP contribution in [0.2, 0.25) is 0 Å². The summed E-state index contributed by atoms with van der Waals surface area (Å²) in [6.07, 6.45) is 4.78. The first-order chi connectivity index (χ1) is 13.6. The van der Waals surface area contributed by atoms with Crippen LogP contribution >= 0.6 is 15.9 Å². The molecule has 0 saturated carbocycles. The summed E-state index contributed by atoms with van der Waals surface area (Å²) in [5.41, 5.74) is 2.40. The third-order valence-corrected chi connectivity index (χ3v) is 4.37. The van der Waals surface area contributed by atoms with Gasteiger partial charge in [-0.05, 0) is 60.2 Å². The molecule has 3 aromatic rings. The van der Waals surface area contributed by atoms with E-state index in [0.717, 1.165) is 21.5 Å². The molecule has 5 heteroatoms. The Balaban J connectivity index is 1.69. The average Bonchev–Trinajstić information content (AvgIpc) is 2.73. The fraction of sp³-hybridized carbons (Fsp3) is 0.0435. The quantitative estimate of drug-likeness (QED) is 0.212. The van der Waals surface area contributed by atoms with Gasteiger partial charge in [0.15, 0.2) is 0 Å². The molecule has 0 aliphatic carbocycles. The molecule has 140 valence electrons. The zero-order valence-electron chi connectivity index (χ0n) is 15.2. The van der Waals surface area contributed by atoms with E-state index < -0.39 is 5.97 Å². The van der Waals surface area contributed by atoms with Gasteiger partial charge in [-0.2, -0.15) is 0 Å². The molecule has 0 heterocycles. The Bertz CT molecular complexity index is 993. The molecular weight excluding hydrogens is 418 g/mol. The van der Waals surface area contributed by atoms with Crippen LogP contribution < -0.4 is 9.47 Å². The minimum Gasteiger partial charge on any atom is -0.497 e. The van der Waals surface area contributed by atoms with Crippen LogP contribution in [-0.2, 0) is 4.79 Å². The van der Waals surface area contributed by atoms with Crippen LogP contribution in [0.4, 0.5) is 5.69 Å². The number of nitrogens with zero attached hydrogens (tertiary/aromatic N) is 1. The van der Waals surface area contributed by atoms with Crippen molar-refractivity contribution in [3.63, 3.8) is 0 Å². The third-order valence-electron chi connectivity index (χ3n) is 3.84. The van der Waals surface area contributed by atoms with Gasteiger partial charge in [0.05, 0.1) is 12.8 Å². The number of carbonyl (C=O) groups is 1. The van der Waals surface area contributed by atoms with Crippen molar-refractivity contribution in [2.75, 3.05) is 7.11 Å². The van der Waals surface area contributed by atoms with Gasteiger partial charge in [-0.25, -0.2) is 4.79 Å². The number of ether oxygens (including phenoxy) is 2. The first-order valence-electron chi connectivity index (χ1n) is 8.56. The zero-order valence-corrected chi connectivity index (χ0v) is 16.8. The average molecular weight is 436 g/mol. The fourth-order valence-electron chi connectivity index (χ4n) is 2.37. The number of hydrogen-bond acceptors (Lipinski definition) is 4. The molecule has 0 N–H and O–H groups in total. The van der Waals surface area contributed by atoms with E-state index in [1.165, 1.54) is 6.08 Å². The van der Waals surface area contributed by atoms with Crippen LogP contribution in [0.5, 0.6) is 11.5 Å². The predicted octanol–water partition coefficient (Wildman–Crippen LogP) is 5.83. The van der Waals surface area contributed by atoms with Crippen LogP contribution in [0.1, 0.15) is 11.1 Å². The van der Waals surface area contributed by atoms with Crippen LogP contribution in [0.15, 0.2) is 88.3 Å². The second-order valence-corrected chi connectivity index (χ2v) is 6.72. The lowest BCUT2D eigenvalue weighted by Crippen LogP contribution is -2.05. The molecular formula is C23H18BrNO3. The number of para-hydroxylation sites is 1. The highest BCUT2D eigenvalue weighted by Crippen LogP contribution is 2.20. The number of methoxy groups -OCH3 is 1. The smallest absolute Gasteiger partial charge is 0.336 e. The van der Waals surface area contributed by atoms with Crippen LogP contribution in [0.3, 0.4) is 0 Å². The van der Waals surface area contributed by atoms with Crippen molar-refractivity contribution in [2.45, 2.75) is 0 Å². The van der Waals surface area contributed by atoms with E-state index in [9.17, 15) is 4.79 Å². The Morgan fingerprint density at radius 1 is 0.964 bits per heavy atom. The number of carbonyl (C=O) groups excluding carboxylic acids is 1. The van der Waals surface area contributed by atoms with Crippen molar-refractivity contribution >= 4 is 39.9 Å². The topological polar surface area (TPSA) is 47.9 Å². The molecule has 0 radical (unpaired) electrons. The van der Waals surface area contributed by atoms with Gasteiger partial charge in [-0.3, -0.25) is 4.99 Å². The zero-order chi connectivity index (χ0) is 19.8. The lowest BCUT2D eigenvalue weighted by molar-refractivity contribution is -0.128. The van der Waals surface area contributed by atoms with Crippen LogP contribution in [0, 0.1) is 0 Å². The van der Waals surface area contributed by atoms with E-state index in [0.29, 0.717) is 11.3 Å². The van der Waals surface area contributed by atoms with Gasteiger partial charge in [0.1, 0.15) is 11.5 Å². The lowest BCUT2D eigenvalue weighted by atomic mass is 10.2. The molecule has 0 fully saturated rings. The first kappa shape index (κ1) is 19.6. The highest BCUT2D eigenvalue weighted by molar-refractivity contribution is 9.10. The van der Waals surface area contributed by atoms with Gasteiger partial charge in [0.2, 0.25) is 0 Å². The number of halogens is 1. The van der Waals surface area contributed by atoms with Gasteiger partial charge < -0.3 is 9.47 Å². The Morgan fingerprint density at radius 2 is 1.68 bits per heavy atom. The van der Waals surface area contributed by atoms with Crippen molar-refractivity contribution in [1.29, 1.82) is 0 Å². The number of aliphatic imine (C=N–C) groups is 1. The molecule has 4 nitrogen and oxygen atoms in total. The Labute approximate surface area is 172 Å². The molecule has 0 unspecified atom stereocenters. The largest absolute Gasteiger partial charge is 0.497 e. The number of hydrogen-bond donors (Lipinski definition) is 0. The van der Waals surface area contributed by atoms with Gasteiger partial charge in [-0.15, -0.1) is 0 Å². The summed E-state index contributed by atoms with van der Waals surface area (Å²) in [5, 5.41) is 0. The van der Waals surface area contributed by atoms with Crippen molar-refractivity contribution in [3.8, 4) is 11.5 Å². The minimum absolute atomic E-state index is 0.449. The monoisotopic (exact) mass is 435 g/mol. The summed E-state index contributed by atoms with van der Waals surface area (Å²) in [6.45, 7) is 0. The summed E-state index contributed by atoms with van der Waals surface area (Å²) < 4.78 is 11.6. The molecule has 0 bridgehead atoms. The summed E-state index contributed by atoms with van der Waals surface area (Å²) in [5.74, 6) is 0.768. The highest BCUT2D eigenvalue weighted by Gasteiger charge is 2.05. The molecule has 0 aliphatic heterocycles. The molecule has 0 spiro atoms. The second kappa shape index (κ2) is 9.67. The number of rotatable bonds is 6. The normalized spacial score (nSPS) is 11.1. The fourth-order valence-corrected chi connectivity index (χ4v) is 2.64. The maximum atomic E-state index is 12.2. The van der Waals surface area contributed by atoms with Crippen molar-refractivity contribution in [1.82, 2.24) is 0 Å². The van der Waals surface area contributed by atoms with Crippen LogP contribution in [-0.4, -0.2) is 19.3 Å². The second-order valence-electron chi connectivity index (χ2n) is 5.80. The minimum atomic E-state index is -0.451. The first-order valence-corrected chi connectivity index (χ1v) is 9.36. The predicted molar refractivity (Wildman–Crippen MR) is 116 cm³/mol. The van der Waals surface area contributed by atoms with Gasteiger partial charge in [-0.1, -0.05) is 40.2 Å². The maximum Gasteiger partial charge on any atom is 0.336 e. The number of benzene rings is 3. The van der Waals surface area contributed by atoms with E-state index in [1.54, 1.807) is 25.5 Å². The molecule has 28 heavy (non-hydrogen) atoms. The van der Waals surface area contributed by atoms with Crippen LogP contribution in [0.25, 0.3) is 6.08 Å².